The number of rotatable bonds is 8. The number of carbonyl (C=O) groups is 1. The first kappa shape index (κ1) is 19.4. The SMILES string of the molecule is CCCOc1ccc(/C=C/C(=O)Nc2ccc(Cc3ccncc3)cc2)cc1. The van der Waals surface area contributed by atoms with E-state index >= 15 is 0 Å². The van der Waals surface area contributed by atoms with Crippen molar-refractivity contribution in [3.8, 4) is 5.75 Å². The van der Waals surface area contributed by atoms with Crippen LogP contribution in [0.2, 0.25) is 0 Å². The molecule has 0 radical (unpaired) electrons. The summed E-state index contributed by atoms with van der Waals surface area (Å²) in [6.45, 7) is 2.78. The molecular weight excluding hydrogens is 348 g/mol. The van der Waals surface area contributed by atoms with Crippen molar-refractivity contribution in [1.29, 1.82) is 0 Å². The zero-order valence-electron chi connectivity index (χ0n) is 16.0. The molecule has 142 valence electrons. The molecule has 0 unspecified atom stereocenters. The number of aromatic nitrogens is 1. The highest BCUT2D eigenvalue weighted by atomic mass is 16.5. The van der Waals surface area contributed by atoms with Gasteiger partial charge in [0.1, 0.15) is 5.75 Å². The summed E-state index contributed by atoms with van der Waals surface area (Å²) in [4.78, 5) is 16.2. The first-order valence-electron chi connectivity index (χ1n) is 9.42. The molecule has 3 aromatic rings. The van der Waals surface area contributed by atoms with Crippen LogP contribution in [-0.4, -0.2) is 17.5 Å². The zero-order valence-corrected chi connectivity index (χ0v) is 16.0. The number of benzene rings is 2. The lowest BCUT2D eigenvalue weighted by Crippen LogP contribution is -2.07. The average Bonchev–Trinajstić information content (AvgIpc) is 2.74. The Morgan fingerprint density at radius 1 is 0.964 bits per heavy atom. The van der Waals surface area contributed by atoms with E-state index in [9.17, 15) is 4.79 Å². The van der Waals surface area contributed by atoms with Crippen LogP contribution < -0.4 is 10.1 Å². The highest BCUT2D eigenvalue weighted by molar-refractivity contribution is 6.01. The van der Waals surface area contributed by atoms with Crippen LogP contribution >= 0.6 is 0 Å². The highest BCUT2D eigenvalue weighted by Gasteiger charge is 2.00. The van der Waals surface area contributed by atoms with Crippen LogP contribution in [0.3, 0.4) is 0 Å². The number of nitrogens with one attached hydrogen (secondary N) is 1. The molecule has 1 aromatic heterocycles. The summed E-state index contributed by atoms with van der Waals surface area (Å²) in [6.07, 6.45) is 8.73. The van der Waals surface area contributed by atoms with Crippen molar-refractivity contribution in [2.45, 2.75) is 19.8 Å². The van der Waals surface area contributed by atoms with E-state index in [1.807, 2.05) is 60.7 Å². The Balaban J connectivity index is 1.52. The minimum absolute atomic E-state index is 0.159. The van der Waals surface area contributed by atoms with Crippen LogP contribution in [0.15, 0.2) is 79.1 Å². The first-order valence-corrected chi connectivity index (χ1v) is 9.42. The molecule has 1 amide bonds. The number of amides is 1. The van der Waals surface area contributed by atoms with Crippen LogP contribution in [0.25, 0.3) is 6.08 Å². The molecule has 0 aliphatic rings. The maximum absolute atomic E-state index is 12.1. The molecule has 0 aliphatic carbocycles. The molecule has 0 fully saturated rings. The summed E-state index contributed by atoms with van der Waals surface area (Å²) in [7, 11) is 0. The Bertz CT molecular complexity index is 902. The van der Waals surface area contributed by atoms with E-state index in [1.165, 1.54) is 17.2 Å². The van der Waals surface area contributed by atoms with Gasteiger partial charge in [0.15, 0.2) is 0 Å². The predicted octanol–water partition coefficient (Wildman–Crippen LogP) is 5.11. The van der Waals surface area contributed by atoms with Gasteiger partial charge in [0.05, 0.1) is 6.61 Å². The largest absolute Gasteiger partial charge is 0.494 e. The molecule has 1 heterocycles. The van der Waals surface area contributed by atoms with Crippen LogP contribution in [0, 0.1) is 0 Å². The summed E-state index contributed by atoms with van der Waals surface area (Å²) in [5.41, 5.74) is 4.12. The highest BCUT2D eigenvalue weighted by Crippen LogP contribution is 2.15. The summed E-state index contributed by atoms with van der Waals surface area (Å²) in [5.74, 6) is 0.684. The molecule has 0 spiro atoms. The number of anilines is 1. The molecule has 4 nitrogen and oxygen atoms in total. The number of pyridine rings is 1. The van der Waals surface area contributed by atoms with Crippen molar-refractivity contribution in [3.05, 3.63) is 95.8 Å². The Hall–Kier alpha value is -3.40. The maximum Gasteiger partial charge on any atom is 0.248 e. The van der Waals surface area contributed by atoms with Crippen LogP contribution in [0.4, 0.5) is 5.69 Å². The van der Waals surface area contributed by atoms with Gasteiger partial charge in [-0.05, 0) is 72.0 Å². The molecule has 0 aliphatic heterocycles. The van der Waals surface area contributed by atoms with Crippen LogP contribution in [-0.2, 0) is 11.2 Å². The molecular formula is C24H24N2O2. The number of hydrogen-bond donors (Lipinski definition) is 1. The molecule has 0 bridgehead atoms. The lowest BCUT2D eigenvalue weighted by Gasteiger charge is -2.05. The number of ether oxygens (including phenoxy) is 1. The minimum Gasteiger partial charge on any atom is -0.494 e. The minimum atomic E-state index is -0.159. The Morgan fingerprint density at radius 2 is 1.64 bits per heavy atom. The summed E-state index contributed by atoms with van der Waals surface area (Å²) in [5, 5.41) is 2.88. The van der Waals surface area contributed by atoms with Crippen molar-refractivity contribution in [1.82, 2.24) is 4.98 Å². The van der Waals surface area contributed by atoms with Crippen molar-refractivity contribution in [2.75, 3.05) is 11.9 Å². The van der Waals surface area contributed by atoms with Gasteiger partial charge in [-0.15, -0.1) is 0 Å². The lowest BCUT2D eigenvalue weighted by atomic mass is 10.1. The fraction of sp³-hybridized carbons (Fsp3) is 0.167. The Kier molecular flexibility index (Phi) is 6.96. The van der Waals surface area contributed by atoms with E-state index in [0.717, 1.165) is 29.8 Å². The molecule has 0 atom stereocenters. The van der Waals surface area contributed by atoms with Crippen LogP contribution in [0.5, 0.6) is 5.75 Å². The van der Waals surface area contributed by atoms with Gasteiger partial charge in [-0.1, -0.05) is 31.2 Å². The Morgan fingerprint density at radius 3 is 2.32 bits per heavy atom. The van der Waals surface area contributed by atoms with E-state index in [2.05, 4.69) is 17.2 Å². The lowest BCUT2D eigenvalue weighted by molar-refractivity contribution is -0.111. The molecule has 1 N–H and O–H groups in total. The van der Waals surface area contributed by atoms with E-state index in [1.54, 1.807) is 18.5 Å². The summed E-state index contributed by atoms with van der Waals surface area (Å²) >= 11 is 0. The number of hydrogen-bond acceptors (Lipinski definition) is 3. The number of carbonyl (C=O) groups excluding carboxylic acids is 1. The van der Waals surface area contributed by atoms with Crippen LogP contribution in [0.1, 0.15) is 30.0 Å². The normalized spacial score (nSPS) is 10.8. The molecule has 3 rings (SSSR count). The molecule has 0 saturated heterocycles. The second-order valence-electron chi connectivity index (χ2n) is 6.47. The van der Waals surface area contributed by atoms with Crippen molar-refractivity contribution in [2.24, 2.45) is 0 Å². The van der Waals surface area contributed by atoms with Crippen molar-refractivity contribution >= 4 is 17.7 Å². The quantitative estimate of drug-likeness (QED) is 0.559. The molecule has 2 aromatic carbocycles. The first-order chi connectivity index (χ1) is 13.7. The van der Waals surface area contributed by atoms with Gasteiger partial charge >= 0.3 is 0 Å². The third-order valence-corrected chi connectivity index (χ3v) is 4.16. The van der Waals surface area contributed by atoms with E-state index < -0.39 is 0 Å². The third-order valence-electron chi connectivity index (χ3n) is 4.16. The summed E-state index contributed by atoms with van der Waals surface area (Å²) < 4.78 is 5.56. The van der Waals surface area contributed by atoms with E-state index in [4.69, 9.17) is 4.74 Å². The molecule has 0 saturated carbocycles. The second-order valence-corrected chi connectivity index (χ2v) is 6.47. The van der Waals surface area contributed by atoms with Gasteiger partial charge in [0.25, 0.3) is 0 Å². The average molecular weight is 372 g/mol. The fourth-order valence-electron chi connectivity index (χ4n) is 2.69. The smallest absolute Gasteiger partial charge is 0.248 e. The second kappa shape index (κ2) is 10.1. The van der Waals surface area contributed by atoms with E-state index in [0.29, 0.717) is 6.61 Å². The molecule has 4 heteroatoms. The standard InChI is InChI=1S/C24H24N2O2/c1-2-17-28-23-10-5-19(6-11-23)7-12-24(27)26-22-8-3-20(4-9-22)18-21-13-15-25-16-14-21/h3-16H,2,17-18H2,1H3,(H,26,27)/b12-7+. The monoisotopic (exact) mass is 372 g/mol. The third kappa shape index (κ3) is 6.09. The van der Waals surface area contributed by atoms with Gasteiger partial charge < -0.3 is 10.1 Å². The summed E-state index contributed by atoms with van der Waals surface area (Å²) in [6, 6.07) is 19.6. The van der Waals surface area contributed by atoms with Crippen molar-refractivity contribution in [3.63, 3.8) is 0 Å². The van der Waals surface area contributed by atoms with Gasteiger partial charge in [-0.2, -0.15) is 0 Å². The van der Waals surface area contributed by atoms with Gasteiger partial charge in [-0.25, -0.2) is 0 Å². The fourth-order valence-corrected chi connectivity index (χ4v) is 2.69. The topological polar surface area (TPSA) is 51.2 Å². The van der Waals surface area contributed by atoms with Gasteiger partial charge in [0, 0.05) is 24.2 Å². The zero-order chi connectivity index (χ0) is 19.6. The van der Waals surface area contributed by atoms with E-state index in [-0.39, 0.29) is 5.91 Å². The Labute approximate surface area is 165 Å². The van der Waals surface area contributed by atoms with Crippen molar-refractivity contribution < 1.29 is 9.53 Å². The number of nitrogens with zero attached hydrogens (tertiary/aromatic N) is 1. The maximum atomic E-state index is 12.1. The molecule has 28 heavy (non-hydrogen) atoms. The van der Waals surface area contributed by atoms with Gasteiger partial charge in [-0.3, -0.25) is 9.78 Å². The van der Waals surface area contributed by atoms with Gasteiger partial charge in [0.2, 0.25) is 5.91 Å². The predicted molar refractivity (Wildman–Crippen MR) is 113 cm³/mol.